The number of carbonyl (C=O) groups is 1. The molecule has 1 aliphatic heterocycles. The van der Waals surface area contributed by atoms with Crippen LogP contribution in [-0.4, -0.2) is 42.2 Å². The fourth-order valence-electron chi connectivity index (χ4n) is 3.80. The van der Waals surface area contributed by atoms with Gasteiger partial charge in [-0.25, -0.2) is 0 Å². The number of carbonyl (C=O) groups excluding carboxylic acids is 1. The minimum atomic E-state index is -0.423. The van der Waals surface area contributed by atoms with Gasteiger partial charge in [-0.1, -0.05) is 18.0 Å². The first-order chi connectivity index (χ1) is 15.3. The second-order valence-corrected chi connectivity index (χ2v) is 9.65. The Hall–Kier alpha value is -2.24. The maximum absolute atomic E-state index is 12.0. The van der Waals surface area contributed by atoms with Gasteiger partial charge in [-0.05, 0) is 102 Å². The molecule has 2 aromatic rings. The van der Waals surface area contributed by atoms with Gasteiger partial charge >= 0.3 is 5.97 Å². The second-order valence-electron chi connectivity index (χ2n) is 9.21. The van der Waals surface area contributed by atoms with Crippen molar-refractivity contribution >= 4 is 17.6 Å². The van der Waals surface area contributed by atoms with Crippen LogP contribution in [0.4, 0.5) is 0 Å². The van der Waals surface area contributed by atoms with Gasteiger partial charge in [-0.3, -0.25) is 9.69 Å². The van der Waals surface area contributed by atoms with Crippen LogP contribution in [0.1, 0.15) is 52.9 Å². The van der Waals surface area contributed by atoms with E-state index in [1.54, 1.807) is 12.1 Å². The molecule has 3 rings (SSSR count). The van der Waals surface area contributed by atoms with Gasteiger partial charge in [0.05, 0.1) is 0 Å². The zero-order chi connectivity index (χ0) is 23.0. The average molecular weight is 460 g/mol. The van der Waals surface area contributed by atoms with E-state index in [2.05, 4.69) is 4.90 Å². The highest BCUT2D eigenvalue weighted by atomic mass is 35.5. The van der Waals surface area contributed by atoms with E-state index < -0.39 is 5.60 Å². The van der Waals surface area contributed by atoms with Crippen LogP contribution in [0, 0.1) is 0 Å². The van der Waals surface area contributed by atoms with Crippen LogP contribution in [0.25, 0.3) is 0 Å². The summed E-state index contributed by atoms with van der Waals surface area (Å²) in [6.45, 7) is 8.29. The summed E-state index contributed by atoms with van der Waals surface area (Å²) in [5.41, 5.74) is -0.423. The zero-order valence-corrected chi connectivity index (χ0v) is 20.1. The molecule has 0 aliphatic carbocycles. The highest BCUT2D eigenvalue weighted by Gasteiger charge is 2.23. The number of likely N-dealkylation sites (tertiary alicyclic amines) is 1. The van der Waals surface area contributed by atoms with Crippen molar-refractivity contribution < 1.29 is 19.0 Å². The van der Waals surface area contributed by atoms with Gasteiger partial charge in [0.25, 0.3) is 0 Å². The van der Waals surface area contributed by atoms with Crippen molar-refractivity contribution in [1.82, 2.24) is 4.90 Å². The lowest BCUT2D eigenvalue weighted by Gasteiger charge is -2.35. The van der Waals surface area contributed by atoms with Crippen LogP contribution in [-0.2, 0) is 9.53 Å². The molecule has 1 atom stereocenters. The van der Waals surface area contributed by atoms with E-state index >= 15 is 0 Å². The quantitative estimate of drug-likeness (QED) is 0.401. The number of rotatable bonds is 9. The largest absolute Gasteiger partial charge is 0.492 e. The van der Waals surface area contributed by atoms with Crippen molar-refractivity contribution in [1.29, 1.82) is 0 Å². The van der Waals surface area contributed by atoms with Gasteiger partial charge in [-0.2, -0.15) is 0 Å². The van der Waals surface area contributed by atoms with E-state index in [4.69, 9.17) is 25.8 Å². The molecule has 174 valence electrons. The van der Waals surface area contributed by atoms with Crippen molar-refractivity contribution in [2.45, 2.75) is 64.5 Å². The van der Waals surface area contributed by atoms with Crippen LogP contribution in [0.3, 0.4) is 0 Å². The summed E-state index contributed by atoms with van der Waals surface area (Å²) in [4.78, 5) is 14.4. The molecule has 1 aliphatic rings. The van der Waals surface area contributed by atoms with E-state index in [9.17, 15) is 4.79 Å². The lowest BCUT2D eigenvalue weighted by molar-refractivity contribution is -0.155. The monoisotopic (exact) mass is 459 g/mol. The number of hydrogen-bond acceptors (Lipinski definition) is 5. The molecule has 2 aromatic carbocycles. The van der Waals surface area contributed by atoms with Gasteiger partial charge in [0, 0.05) is 17.5 Å². The molecule has 0 radical (unpaired) electrons. The Morgan fingerprint density at radius 3 is 2.28 bits per heavy atom. The van der Waals surface area contributed by atoms with Crippen LogP contribution >= 0.6 is 11.6 Å². The smallest absolute Gasteiger partial charge is 0.306 e. The molecule has 0 spiro atoms. The summed E-state index contributed by atoms with van der Waals surface area (Å²) in [5, 5.41) is 0.683. The Morgan fingerprint density at radius 1 is 1.00 bits per heavy atom. The summed E-state index contributed by atoms with van der Waals surface area (Å²) in [6, 6.07) is 15.3. The summed E-state index contributed by atoms with van der Waals surface area (Å²) in [5.74, 6) is 2.20. The maximum atomic E-state index is 12.0. The van der Waals surface area contributed by atoms with Crippen molar-refractivity contribution in [3.8, 4) is 17.2 Å². The third kappa shape index (κ3) is 8.36. The number of nitrogens with zero attached hydrogens (tertiary/aromatic N) is 1. The molecule has 0 bridgehead atoms. The molecule has 5 nitrogen and oxygen atoms in total. The highest BCUT2D eigenvalue weighted by molar-refractivity contribution is 6.30. The fraction of sp³-hybridized carbons (Fsp3) is 0.500. The summed E-state index contributed by atoms with van der Waals surface area (Å²) in [7, 11) is 0. The van der Waals surface area contributed by atoms with E-state index in [0.29, 0.717) is 24.1 Å². The van der Waals surface area contributed by atoms with E-state index in [0.717, 1.165) is 43.2 Å². The number of piperidine rings is 1. The predicted octanol–water partition coefficient (Wildman–Crippen LogP) is 6.49. The molecule has 0 saturated carbocycles. The number of halogens is 1. The molecule has 1 fully saturated rings. The third-order valence-electron chi connectivity index (χ3n) is 5.31. The lowest BCUT2D eigenvalue weighted by Crippen LogP contribution is -2.43. The fourth-order valence-corrected chi connectivity index (χ4v) is 3.92. The van der Waals surface area contributed by atoms with E-state index in [-0.39, 0.29) is 5.97 Å². The Morgan fingerprint density at radius 2 is 1.62 bits per heavy atom. The molecule has 0 amide bonds. The van der Waals surface area contributed by atoms with Crippen molar-refractivity contribution in [2.75, 3.05) is 19.7 Å². The zero-order valence-electron chi connectivity index (χ0n) is 19.3. The lowest BCUT2D eigenvalue weighted by atomic mass is 10.0. The maximum Gasteiger partial charge on any atom is 0.306 e. The third-order valence-corrected chi connectivity index (χ3v) is 5.56. The summed E-state index contributed by atoms with van der Waals surface area (Å²) >= 11 is 5.91. The van der Waals surface area contributed by atoms with Gasteiger partial charge in [0.1, 0.15) is 29.5 Å². The van der Waals surface area contributed by atoms with Crippen molar-refractivity contribution in [3.63, 3.8) is 0 Å². The predicted molar refractivity (Wildman–Crippen MR) is 128 cm³/mol. The minimum Gasteiger partial charge on any atom is -0.492 e. The number of ether oxygens (including phenoxy) is 3. The van der Waals surface area contributed by atoms with Gasteiger partial charge in [0.2, 0.25) is 0 Å². The first-order valence-electron chi connectivity index (χ1n) is 11.4. The molecular weight excluding hydrogens is 426 g/mol. The first-order valence-corrected chi connectivity index (χ1v) is 11.8. The highest BCUT2D eigenvalue weighted by Crippen LogP contribution is 2.26. The molecular formula is C26H34ClNO4. The summed E-state index contributed by atoms with van der Waals surface area (Å²) in [6.07, 6.45) is 4.78. The second kappa shape index (κ2) is 11.6. The Labute approximate surface area is 196 Å². The molecule has 0 aromatic heterocycles. The normalized spacial score (nSPS) is 17.1. The number of esters is 1. The van der Waals surface area contributed by atoms with Crippen LogP contribution in [0.5, 0.6) is 17.2 Å². The molecule has 6 heteroatoms. The standard InChI is InChI=1S/C26H34ClNO4/c1-26(2,3)32-25(29)8-6-18-28-17-5-4-7-21(28)19-30-22-13-15-24(16-14-22)31-23-11-9-20(27)10-12-23/h9-16,21H,4-8,17-19H2,1-3H3/t21-/m1/s1. The van der Waals surface area contributed by atoms with Crippen molar-refractivity contribution in [2.24, 2.45) is 0 Å². The van der Waals surface area contributed by atoms with Gasteiger partial charge in [0.15, 0.2) is 0 Å². The SMILES string of the molecule is CC(C)(C)OC(=O)CCCN1CCCC[C@@H]1COc1ccc(Oc2ccc(Cl)cc2)cc1. The van der Waals surface area contributed by atoms with Gasteiger partial charge in [-0.15, -0.1) is 0 Å². The Bertz CT molecular complexity index is 846. The van der Waals surface area contributed by atoms with Crippen molar-refractivity contribution in [3.05, 3.63) is 53.6 Å². The molecule has 1 heterocycles. The van der Waals surface area contributed by atoms with Gasteiger partial charge < -0.3 is 14.2 Å². The molecule has 32 heavy (non-hydrogen) atoms. The summed E-state index contributed by atoms with van der Waals surface area (Å²) < 4.78 is 17.3. The van der Waals surface area contributed by atoms with Crippen LogP contribution in [0.15, 0.2) is 48.5 Å². The Balaban J connectivity index is 1.44. The molecule has 1 saturated heterocycles. The van der Waals surface area contributed by atoms with Crippen LogP contribution < -0.4 is 9.47 Å². The van der Waals surface area contributed by atoms with E-state index in [1.807, 2.05) is 57.2 Å². The molecule has 0 unspecified atom stereocenters. The first kappa shape index (κ1) is 24.4. The molecule has 0 N–H and O–H groups in total. The van der Waals surface area contributed by atoms with Crippen LogP contribution in [0.2, 0.25) is 5.02 Å². The average Bonchev–Trinajstić information content (AvgIpc) is 2.74. The minimum absolute atomic E-state index is 0.122. The number of benzene rings is 2. The van der Waals surface area contributed by atoms with E-state index in [1.165, 1.54) is 12.8 Å². The Kier molecular flexibility index (Phi) is 8.83. The topological polar surface area (TPSA) is 48.0 Å². The number of hydrogen-bond donors (Lipinski definition) is 0.